The average molecular weight is 367 g/mol. The van der Waals surface area contributed by atoms with Crippen molar-refractivity contribution in [1.29, 1.82) is 0 Å². The Balaban J connectivity index is 1.84. The molecule has 1 nitrogen and oxygen atoms in total. The molecule has 0 aliphatic rings. The Bertz CT molecular complexity index is 809. The Morgan fingerprint density at radius 2 is 1.61 bits per heavy atom. The summed E-state index contributed by atoms with van der Waals surface area (Å²) >= 11 is 3.59. The maximum Gasteiger partial charge on any atom is 0.120 e. The third-order valence-corrected chi connectivity index (χ3v) is 4.97. The summed E-state index contributed by atoms with van der Waals surface area (Å²) in [4.78, 5) is 0. The maximum atomic E-state index is 5.94. The van der Waals surface area contributed by atoms with Crippen LogP contribution in [-0.2, 0) is 6.61 Å². The molecule has 0 N–H and O–H groups in total. The van der Waals surface area contributed by atoms with Crippen molar-refractivity contribution < 1.29 is 4.74 Å². The lowest BCUT2D eigenvalue weighted by Gasteiger charge is -2.12. The van der Waals surface area contributed by atoms with E-state index in [1.165, 1.54) is 27.8 Å². The van der Waals surface area contributed by atoms with E-state index >= 15 is 0 Å². The molecular weight excluding hydrogens is 348 g/mol. The Morgan fingerprint density at radius 1 is 0.826 bits per heavy atom. The number of rotatable bonds is 4. The zero-order valence-corrected chi connectivity index (χ0v) is 14.9. The summed E-state index contributed by atoms with van der Waals surface area (Å²) in [5.41, 5.74) is 6.17. The van der Waals surface area contributed by atoms with Gasteiger partial charge in [0.15, 0.2) is 0 Å². The van der Waals surface area contributed by atoms with Gasteiger partial charge in [-0.1, -0.05) is 64.5 Å². The van der Waals surface area contributed by atoms with E-state index in [-0.39, 0.29) is 0 Å². The van der Waals surface area contributed by atoms with Crippen LogP contribution in [0.25, 0.3) is 11.1 Å². The van der Waals surface area contributed by atoms with Gasteiger partial charge < -0.3 is 4.74 Å². The highest BCUT2D eigenvalue weighted by molar-refractivity contribution is 9.10. The minimum Gasteiger partial charge on any atom is -0.489 e. The van der Waals surface area contributed by atoms with Gasteiger partial charge in [-0.2, -0.15) is 0 Å². The molecule has 23 heavy (non-hydrogen) atoms. The summed E-state index contributed by atoms with van der Waals surface area (Å²) in [5.74, 6) is 0.895. The highest BCUT2D eigenvalue weighted by Crippen LogP contribution is 2.31. The maximum absolute atomic E-state index is 5.94. The monoisotopic (exact) mass is 366 g/mol. The van der Waals surface area contributed by atoms with E-state index in [1.54, 1.807) is 0 Å². The minimum atomic E-state index is 0.586. The van der Waals surface area contributed by atoms with Crippen LogP contribution in [0, 0.1) is 13.8 Å². The quantitative estimate of drug-likeness (QED) is 0.525. The number of hydrogen-bond donors (Lipinski definition) is 0. The summed E-state index contributed by atoms with van der Waals surface area (Å²) in [5, 5.41) is 0. The number of hydrogen-bond acceptors (Lipinski definition) is 1. The Labute approximate surface area is 146 Å². The molecule has 3 aromatic carbocycles. The lowest BCUT2D eigenvalue weighted by Crippen LogP contribution is -1.95. The van der Waals surface area contributed by atoms with E-state index < -0.39 is 0 Å². The molecule has 0 unspecified atom stereocenters. The van der Waals surface area contributed by atoms with Crippen LogP contribution in [0.2, 0.25) is 0 Å². The SMILES string of the molecule is Cc1c(Br)ccc(-c2cccc(OCc3ccccc3)c2)c1C. The lowest BCUT2D eigenvalue weighted by molar-refractivity contribution is 0.306. The first-order chi connectivity index (χ1) is 11.1. The molecule has 0 aliphatic carbocycles. The second kappa shape index (κ2) is 7.01. The normalized spacial score (nSPS) is 10.6. The summed E-state index contributed by atoms with van der Waals surface area (Å²) < 4.78 is 7.09. The molecule has 0 aromatic heterocycles. The molecule has 3 rings (SSSR count). The second-order valence-corrected chi connectivity index (χ2v) is 6.50. The molecule has 0 aliphatic heterocycles. The third-order valence-electron chi connectivity index (χ3n) is 4.11. The molecular formula is C21H19BrO. The van der Waals surface area contributed by atoms with Crippen LogP contribution in [0.3, 0.4) is 0 Å². The summed E-state index contributed by atoms with van der Waals surface area (Å²) in [6.07, 6.45) is 0. The van der Waals surface area contributed by atoms with E-state index in [2.05, 4.69) is 66.2 Å². The zero-order chi connectivity index (χ0) is 16.2. The molecule has 2 heteroatoms. The van der Waals surface area contributed by atoms with Gasteiger partial charge >= 0.3 is 0 Å². The van der Waals surface area contributed by atoms with E-state index in [9.17, 15) is 0 Å². The fourth-order valence-electron chi connectivity index (χ4n) is 2.59. The van der Waals surface area contributed by atoms with Crippen LogP contribution in [-0.4, -0.2) is 0 Å². The first kappa shape index (κ1) is 15.8. The predicted octanol–water partition coefficient (Wildman–Crippen LogP) is 6.31. The van der Waals surface area contributed by atoms with Crippen molar-refractivity contribution in [2.24, 2.45) is 0 Å². The van der Waals surface area contributed by atoms with Gasteiger partial charge in [-0.05, 0) is 59.9 Å². The average Bonchev–Trinajstić information content (AvgIpc) is 2.59. The summed E-state index contributed by atoms with van der Waals surface area (Å²) in [7, 11) is 0. The molecule has 0 bridgehead atoms. The van der Waals surface area contributed by atoms with Crippen molar-refractivity contribution >= 4 is 15.9 Å². The largest absolute Gasteiger partial charge is 0.489 e. The highest BCUT2D eigenvalue weighted by atomic mass is 79.9. The van der Waals surface area contributed by atoms with Crippen LogP contribution in [0.15, 0.2) is 71.2 Å². The Kier molecular flexibility index (Phi) is 4.82. The van der Waals surface area contributed by atoms with Gasteiger partial charge in [0.1, 0.15) is 12.4 Å². The topological polar surface area (TPSA) is 9.23 Å². The van der Waals surface area contributed by atoms with Crippen molar-refractivity contribution in [1.82, 2.24) is 0 Å². The molecule has 0 saturated heterocycles. The molecule has 0 heterocycles. The van der Waals surface area contributed by atoms with Crippen molar-refractivity contribution in [3.05, 3.63) is 87.9 Å². The number of benzene rings is 3. The van der Waals surface area contributed by atoms with Gasteiger partial charge in [0.2, 0.25) is 0 Å². The first-order valence-electron chi connectivity index (χ1n) is 7.68. The molecule has 0 amide bonds. The van der Waals surface area contributed by atoms with Gasteiger partial charge in [-0.15, -0.1) is 0 Å². The lowest BCUT2D eigenvalue weighted by atomic mass is 9.97. The van der Waals surface area contributed by atoms with Crippen molar-refractivity contribution in [3.8, 4) is 16.9 Å². The summed E-state index contributed by atoms with van der Waals surface area (Å²) in [6, 6.07) is 22.8. The van der Waals surface area contributed by atoms with Crippen LogP contribution in [0.1, 0.15) is 16.7 Å². The fourth-order valence-corrected chi connectivity index (χ4v) is 3.02. The van der Waals surface area contributed by atoms with Crippen LogP contribution >= 0.6 is 15.9 Å². The van der Waals surface area contributed by atoms with Gasteiger partial charge in [0.05, 0.1) is 0 Å². The molecule has 0 radical (unpaired) electrons. The molecule has 0 fully saturated rings. The smallest absolute Gasteiger partial charge is 0.120 e. The van der Waals surface area contributed by atoms with Crippen LogP contribution in [0.4, 0.5) is 0 Å². The highest BCUT2D eigenvalue weighted by Gasteiger charge is 2.07. The second-order valence-electron chi connectivity index (χ2n) is 5.65. The number of ether oxygens (including phenoxy) is 1. The molecule has 116 valence electrons. The van der Waals surface area contributed by atoms with Crippen molar-refractivity contribution in [2.75, 3.05) is 0 Å². The number of halogens is 1. The Hall–Kier alpha value is -2.06. The summed E-state index contributed by atoms with van der Waals surface area (Å²) in [6.45, 7) is 4.88. The van der Waals surface area contributed by atoms with Gasteiger partial charge in [0, 0.05) is 4.47 Å². The molecule has 3 aromatic rings. The first-order valence-corrected chi connectivity index (χ1v) is 8.47. The molecule has 0 saturated carbocycles. The fraction of sp³-hybridized carbons (Fsp3) is 0.143. The van der Waals surface area contributed by atoms with E-state index in [4.69, 9.17) is 4.74 Å². The zero-order valence-electron chi connectivity index (χ0n) is 13.3. The van der Waals surface area contributed by atoms with Gasteiger partial charge in [-0.25, -0.2) is 0 Å². The third kappa shape index (κ3) is 3.65. The van der Waals surface area contributed by atoms with Crippen LogP contribution < -0.4 is 4.74 Å². The van der Waals surface area contributed by atoms with Crippen molar-refractivity contribution in [2.45, 2.75) is 20.5 Å². The molecule has 0 spiro atoms. The van der Waals surface area contributed by atoms with Gasteiger partial charge in [-0.3, -0.25) is 0 Å². The molecule has 0 atom stereocenters. The van der Waals surface area contributed by atoms with Crippen LogP contribution in [0.5, 0.6) is 5.75 Å². The standard InChI is InChI=1S/C21H19BrO/c1-15-16(2)21(22)12-11-20(15)18-9-6-10-19(13-18)23-14-17-7-4-3-5-8-17/h3-13H,14H2,1-2H3. The van der Waals surface area contributed by atoms with Crippen molar-refractivity contribution in [3.63, 3.8) is 0 Å². The van der Waals surface area contributed by atoms with E-state index in [1.807, 2.05) is 30.3 Å². The van der Waals surface area contributed by atoms with Gasteiger partial charge in [0.25, 0.3) is 0 Å². The Morgan fingerprint density at radius 3 is 2.39 bits per heavy atom. The van der Waals surface area contributed by atoms with E-state index in [0.29, 0.717) is 6.61 Å². The predicted molar refractivity (Wildman–Crippen MR) is 99.8 cm³/mol. The van der Waals surface area contributed by atoms with E-state index in [0.717, 1.165) is 10.2 Å². The minimum absolute atomic E-state index is 0.586.